The van der Waals surface area contributed by atoms with Crippen LogP contribution in [0.2, 0.25) is 0 Å². The number of methoxy groups -OCH3 is 1. The van der Waals surface area contributed by atoms with E-state index in [1.165, 1.54) is 7.11 Å². The first-order valence-electron chi connectivity index (χ1n) is 5.28. The fraction of sp³-hybridized carbons (Fsp3) is 0.333. The number of ether oxygens (including phenoxy) is 1. The molecule has 0 fully saturated rings. The molecule has 5 heteroatoms. The predicted octanol–water partition coefficient (Wildman–Crippen LogP) is 1.22. The maximum Gasteiger partial charge on any atom is 0.333 e. The van der Waals surface area contributed by atoms with Crippen molar-refractivity contribution in [2.24, 2.45) is 7.05 Å². The second-order valence-electron chi connectivity index (χ2n) is 3.91. The van der Waals surface area contributed by atoms with E-state index in [4.69, 9.17) is 9.84 Å². The van der Waals surface area contributed by atoms with Gasteiger partial charge in [-0.15, -0.1) is 0 Å². The van der Waals surface area contributed by atoms with Gasteiger partial charge >= 0.3 is 5.97 Å². The van der Waals surface area contributed by atoms with E-state index in [-0.39, 0.29) is 0 Å². The predicted molar refractivity (Wildman–Crippen MR) is 62.9 cm³/mol. The van der Waals surface area contributed by atoms with Crippen LogP contribution >= 0.6 is 0 Å². The summed E-state index contributed by atoms with van der Waals surface area (Å²) in [5.41, 5.74) is 1.78. The molecular formula is C12H14N2O3. The molecule has 1 atom stereocenters. The van der Waals surface area contributed by atoms with E-state index in [0.29, 0.717) is 6.42 Å². The van der Waals surface area contributed by atoms with Gasteiger partial charge < -0.3 is 14.4 Å². The maximum absolute atomic E-state index is 10.9. The van der Waals surface area contributed by atoms with Crippen LogP contribution < -0.4 is 0 Å². The molecule has 2 aromatic heterocycles. The number of hydrogen-bond acceptors (Lipinski definition) is 3. The molecule has 17 heavy (non-hydrogen) atoms. The Balaban J connectivity index is 2.39. The molecule has 5 nitrogen and oxygen atoms in total. The molecule has 0 aliphatic rings. The van der Waals surface area contributed by atoms with E-state index < -0.39 is 12.1 Å². The number of rotatable bonds is 4. The molecule has 2 rings (SSSR count). The highest BCUT2D eigenvalue weighted by Gasteiger charge is 2.19. The summed E-state index contributed by atoms with van der Waals surface area (Å²) in [6.45, 7) is 0. The molecule has 0 aliphatic carbocycles. The number of aromatic nitrogens is 2. The van der Waals surface area contributed by atoms with Gasteiger partial charge in [-0.3, -0.25) is 0 Å². The van der Waals surface area contributed by atoms with Crippen molar-refractivity contribution in [1.29, 1.82) is 0 Å². The van der Waals surface area contributed by atoms with E-state index in [1.807, 2.05) is 29.9 Å². The third-order valence-electron chi connectivity index (χ3n) is 2.78. The summed E-state index contributed by atoms with van der Waals surface area (Å²) in [4.78, 5) is 15.2. The Morgan fingerprint density at radius 2 is 2.41 bits per heavy atom. The molecule has 90 valence electrons. The number of carbonyl (C=O) groups is 1. The van der Waals surface area contributed by atoms with Gasteiger partial charge in [-0.25, -0.2) is 9.78 Å². The van der Waals surface area contributed by atoms with Gasteiger partial charge in [0.2, 0.25) is 0 Å². The second kappa shape index (κ2) is 4.55. The average Bonchev–Trinajstić information content (AvgIpc) is 2.63. The highest BCUT2D eigenvalue weighted by atomic mass is 16.5. The molecule has 0 aliphatic heterocycles. The van der Waals surface area contributed by atoms with Crippen LogP contribution in [0.15, 0.2) is 24.5 Å². The maximum atomic E-state index is 10.9. The van der Waals surface area contributed by atoms with Crippen molar-refractivity contribution in [2.75, 3.05) is 7.11 Å². The number of pyridine rings is 1. The van der Waals surface area contributed by atoms with E-state index in [9.17, 15) is 4.79 Å². The van der Waals surface area contributed by atoms with Gasteiger partial charge in [-0.2, -0.15) is 0 Å². The summed E-state index contributed by atoms with van der Waals surface area (Å²) in [5, 5.41) is 9.94. The smallest absolute Gasteiger partial charge is 0.333 e. The van der Waals surface area contributed by atoms with Crippen LogP contribution in [-0.4, -0.2) is 33.8 Å². The fourth-order valence-corrected chi connectivity index (χ4v) is 1.93. The first kappa shape index (κ1) is 11.6. The van der Waals surface area contributed by atoms with E-state index >= 15 is 0 Å². The minimum Gasteiger partial charge on any atom is -0.479 e. The molecule has 0 aromatic carbocycles. The second-order valence-corrected chi connectivity index (χ2v) is 3.91. The van der Waals surface area contributed by atoms with Crippen molar-refractivity contribution in [3.8, 4) is 0 Å². The van der Waals surface area contributed by atoms with Crippen LogP contribution in [0, 0.1) is 0 Å². The molecule has 2 aromatic rings. The number of carboxylic acid groups (broad SMARTS) is 1. The molecule has 1 N–H and O–H groups in total. The summed E-state index contributed by atoms with van der Waals surface area (Å²) < 4.78 is 6.83. The van der Waals surface area contributed by atoms with Crippen molar-refractivity contribution in [1.82, 2.24) is 9.55 Å². The minimum atomic E-state index is -0.951. The lowest BCUT2D eigenvalue weighted by Gasteiger charge is -2.08. The number of aryl methyl sites for hydroxylation is 1. The van der Waals surface area contributed by atoms with Crippen molar-refractivity contribution in [3.05, 3.63) is 30.1 Å². The normalized spacial score (nSPS) is 12.8. The number of aliphatic carboxylic acids is 1. The minimum absolute atomic E-state index is 0.342. The average molecular weight is 234 g/mol. The van der Waals surface area contributed by atoms with Crippen LogP contribution in [0.3, 0.4) is 0 Å². The van der Waals surface area contributed by atoms with Crippen LogP contribution in [0.4, 0.5) is 0 Å². The lowest BCUT2D eigenvalue weighted by atomic mass is 10.1. The van der Waals surface area contributed by atoms with Crippen molar-refractivity contribution >= 4 is 17.0 Å². The fourth-order valence-electron chi connectivity index (χ4n) is 1.93. The molecule has 0 spiro atoms. The number of carboxylic acids is 1. The monoisotopic (exact) mass is 234 g/mol. The molecular weight excluding hydrogens is 220 g/mol. The van der Waals surface area contributed by atoms with E-state index in [0.717, 1.165) is 16.6 Å². The molecule has 0 saturated heterocycles. The van der Waals surface area contributed by atoms with Gasteiger partial charge in [-0.1, -0.05) is 0 Å². The van der Waals surface area contributed by atoms with Gasteiger partial charge in [0.15, 0.2) is 6.10 Å². The zero-order chi connectivity index (χ0) is 12.4. The van der Waals surface area contributed by atoms with Gasteiger partial charge in [0.05, 0.1) is 0 Å². The lowest BCUT2D eigenvalue weighted by molar-refractivity contribution is -0.148. The summed E-state index contributed by atoms with van der Waals surface area (Å²) in [7, 11) is 3.30. The lowest BCUT2D eigenvalue weighted by Crippen LogP contribution is -2.24. The Bertz CT molecular complexity index is 548. The molecule has 0 bridgehead atoms. The van der Waals surface area contributed by atoms with Crippen molar-refractivity contribution in [3.63, 3.8) is 0 Å². The summed E-state index contributed by atoms with van der Waals surface area (Å²) in [6.07, 6.45) is 3.14. The standard InChI is InChI=1S/C12H14N2O3/c1-14-7-8(6-10(17-2)12(15)16)9-4-3-5-13-11(9)14/h3-5,7,10H,6H2,1-2H3,(H,15,16). The Morgan fingerprint density at radius 1 is 1.65 bits per heavy atom. The zero-order valence-electron chi connectivity index (χ0n) is 9.75. The summed E-state index contributed by atoms with van der Waals surface area (Å²) >= 11 is 0. The number of hydrogen-bond donors (Lipinski definition) is 1. The van der Waals surface area contributed by atoms with Gasteiger partial charge in [0.25, 0.3) is 0 Å². The largest absolute Gasteiger partial charge is 0.479 e. The highest BCUT2D eigenvalue weighted by Crippen LogP contribution is 2.20. The number of fused-ring (bicyclic) bond motifs is 1. The molecule has 2 heterocycles. The van der Waals surface area contributed by atoms with Crippen molar-refractivity contribution < 1.29 is 14.6 Å². The number of nitrogens with zero attached hydrogens (tertiary/aromatic N) is 2. The molecule has 0 amide bonds. The van der Waals surface area contributed by atoms with Crippen LogP contribution in [-0.2, 0) is 23.0 Å². The Hall–Kier alpha value is -1.88. The van der Waals surface area contributed by atoms with E-state index in [2.05, 4.69) is 4.98 Å². The first-order chi connectivity index (χ1) is 8.13. The van der Waals surface area contributed by atoms with E-state index in [1.54, 1.807) is 6.20 Å². The third-order valence-corrected chi connectivity index (χ3v) is 2.78. The van der Waals surface area contributed by atoms with Crippen molar-refractivity contribution in [2.45, 2.75) is 12.5 Å². The van der Waals surface area contributed by atoms with Crippen LogP contribution in [0.25, 0.3) is 11.0 Å². The molecule has 0 radical (unpaired) electrons. The van der Waals surface area contributed by atoms with Crippen LogP contribution in [0.5, 0.6) is 0 Å². The zero-order valence-corrected chi connectivity index (χ0v) is 9.75. The first-order valence-corrected chi connectivity index (χ1v) is 5.28. The Morgan fingerprint density at radius 3 is 3.06 bits per heavy atom. The third kappa shape index (κ3) is 2.14. The van der Waals surface area contributed by atoms with Crippen LogP contribution in [0.1, 0.15) is 5.56 Å². The molecule has 0 saturated carbocycles. The van der Waals surface area contributed by atoms with Gasteiger partial charge in [-0.05, 0) is 17.7 Å². The summed E-state index contributed by atoms with van der Waals surface area (Å²) in [6, 6.07) is 3.78. The topological polar surface area (TPSA) is 64.4 Å². The van der Waals surface area contributed by atoms with Gasteiger partial charge in [0, 0.05) is 38.4 Å². The SMILES string of the molecule is COC(Cc1cn(C)c2ncccc12)C(=O)O. The van der Waals surface area contributed by atoms with Gasteiger partial charge in [0.1, 0.15) is 5.65 Å². The Labute approximate surface area is 98.6 Å². The molecule has 1 unspecified atom stereocenters. The Kier molecular flexibility index (Phi) is 3.10. The highest BCUT2D eigenvalue weighted by molar-refractivity contribution is 5.81. The quantitative estimate of drug-likeness (QED) is 0.863. The summed E-state index contributed by atoms with van der Waals surface area (Å²) in [5.74, 6) is -0.951.